The molecule has 3 atom stereocenters. The number of nitrogens with zero attached hydrogens (tertiary/aromatic N) is 5. The van der Waals surface area contributed by atoms with Gasteiger partial charge in [-0.05, 0) is 36.7 Å². The maximum absolute atomic E-state index is 12.6. The van der Waals surface area contributed by atoms with Gasteiger partial charge >= 0.3 is 6.09 Å². The van der Waals surface area contributed by atoms with E-state index in [1.807, 2.05) is 44.6 Å². The molecule has 3 saturated heterocycles. The molecule has 0 spiro atoms. The Bertz CT molecular complexity index is 1280. The van der Waals surface area contributed by atoms with Crippen molar-refractivity contribution < 1.29 is 24.6 Å². The van der Waals surface area contributed by atoms with Crippen molar-refractivity contribution in [3.05, 3.63) is 23.9 Å². The van der Waals surface area contributed by atoms with E-state index >= 15 is 0 Å². The molecule has 5 rings (SSSR count). The van der Waals surface area contributed by atoms with E-state index in [4.69, 9.17) is 5.10 Å². The summed E-state index contributed by atoms with van der Waals surface area (Å²) in [6, 6.07) is 5.64. The molecule has 3 aliphatic rings. The maximum atomic E-state index is 12.6. The molecule has 2 unspecified atom stereocenters. The molecular formula is C29H42N6O5. The lowest BCUT2D eigenvalue weighted by molar-refractivity contribution is -0.134. The van der Waals surface area contributed by atoms with E-state index in [0.717, 1.165) is 54.8 Å². The first-order valence-electron chi connectivity index (χ1n) is 14.4. The maximum Gasteiger partial charge on any atom is 0.407 e. The number of piperidine rings is 2. The number of hydrogen-bond acceptors (Lipinski definition) is 7. The molecule has 0 radical (unpaired) electrons. The zero-order chi connectivity index (χ0) is 28.8. The van der Waals surface area contributed by atoms with Crippen molar-refractivity contribution in [1.82, 2.24) is 24.9 Å². The summed E-state index contributed by atoms with van der Waals surface area (Å²) in [4.78, 5) is 42.4. The fraction of sp³-hybridized carbons (Fsp3) is 0.655. The minimum Gasteiger partial charge on any atom is -0.465 e. The van der Waals surface area contributed by atoms with Gasteiger partial charge in [-0.25, -0.2) is 4.79 Å². The molecule has 0 bridgehead atoms. The molecule has 0 saturated carbocycles. The average molecular weight is 555 g/mol. The number of aliphatic hydroxyl groups is 1. The number of nitrogens with one attached hydrogen (secondary N) is 1. The summed E-state index contributed by atoms with van der Waals surface area (Å²) in [7, 11) is 1.91. The van der Waals surface area contributed by atoms with Crippen LogP contribution in [0.2, 0.25) is 0 Å². The molecule has 0 aliphatic carbocycles. The molecule has 1 aromatic heterocycles. The van der Waals surface area contributed by atoms with Gasteiger partial charge in [0.15, 0.2) is 0 Å². The van der Waals surface area contributed by atoms with Crippen LogP contribution in [0.4, 0.5) is 10.5 Å². The van der Waals surface area contributed by atoms with Crippen molar-refractivity contribution in [3.63, 3.8) is 0 Å². The van der Waals surface area contributed by atoms with E-state index in [9.17, 15) is 24.6 Å². The number of aromatic nitrogens is 2. The predicted molar refractivity (Wildman–Crippen MR) is 151 cm³/mol. The second-order valence-corrected chi connectivity index (χ2v) is 12.6. The topological polar surface area (TPSA) is 131 Å². The lowest BCUT2D eigenvalue weighted by atomic mass is 9.79. The van der Waals surface area contributed by atoms with Gasteiger partial charge in [-0.2, -0.15) is 5.10 Å². The van der Waals surface area contributed by atoms with E-state index in [2.05, 4.69) is 21.2 Å². The van der Waals surface area contributed by atoms with Crippen LogP contribution in [0.3, 0.4) is 0 Å². The van der Waals surface area contributed by atoms with Crippen LogP contribution in [0, 0.1) is 11.3 Å². The molecule has 11 nitrogen and oxygen atoms in total. The van der Waals surface area contributed by atoms with Crippen LogP contribution in [0.25, 0.3) is 10.9 Å². The number of hydrogen-bond donors (Lipinski definition) is 3. The molecule has 3 N–H and O–H groups in total. The Hall–Kier alpha value is -3.18. The Labute approximate surface area is 235 Å². The Balaban J connectivity index is 1.29. The number of para-hydroxylation sites is 1. The van der Waals surface area contributed by atoms with Crippen LogP contribution in [0.15, 0.2) is 18.2 Å². The molecule has 3 aliphatic heterocycles. The molecule has 218 valence electrons. The summed E-state index contributed by atoms with van der Waals surface area (Å²) < 4.78 is 1.86. The number of amides is 3. The molecule has 40 heavy (non-hydrogen) atoms. The van der Waals surface area contributed by atoms with E-state index in [1.165, 1.54) is 4.90 Å². The van der Waals surface area contributed by atoms with Gasteiger partial charge in [0, 0.05) is 51.6 Å². The minimum absolute atomic E-state index is 0.0669. The lowest BCUT2D eigenvalue weighted by Crippen LogP contribution is -2.66. The van der Waals surface area contributed by atoms with Gasteiger partial charge in [0.1, 0.15) is 0 Å². The number of piperazine rings is 1. The molecule has 4 heterocycles. The number of aliphatic hydroxyl groups excluding tert-OH is 1. The van der Waals surface area contributed by atoms with Crippen LogP contribution in [-0.2, 0) is 16.6 Å². The average Bonchev–Trinajstić information content (AvgIpc) is 3.24. The summed E-state index contributed by atoms with van der Waals surface area (Å²) in [5, 5.41) is 28.3. The fourth-order valence-corrected chi connectivity index (χ4v) is 7.15. The monoisotopic (exact) mass is 554 g/mol. The highest BCUT2D eigenvalue weighted by Crippen LogP contribution is 2.37. The lowest BCUT2D eigenvalue weighted by Gasteiger charge is -2.52. The van der Waals surface area contributed by atoms with Crippen LogP contribution in [0.1, 0.15) is 58.1 Å². The van der Waals surface area contributed by atoms with Crippen molar-refractivity contribution in [2.24, 2.45) is 18.4 Å². The van der Waals surface area contributed by atoms with Crippen molar-refractivity contribution in [2.75, 3.05) is 44.2 Å². The second-order valence-electron chi connectivity index (χ2n) is 12.6. The van der Waals surface area contributed by atoms with Crippen LogP contribution in [0.5, 0.6) is 0 Å². The van der Waals surface area contributed by atoms with Crippen LogP contribution in [-0.4, -0.2) is 99.1 Å². The van der Waals surface area contributed by atoms with Gasteiger partial charge < -0.3 is 20.0 Å². The number of carboxylic acid groups (broad SMARTS) is 1. The van der Waals surface area contributed by atoms with Gasteiger partial charge in [0.2, 0.25) is 11.8 Å². The van der Waals surface area contributed by atoms with E-state index in [-0.39, 0.29) is 35.9 Å². The predicted octanol–water partition coefficient (Wildman–Crippen LogP) is 2.38. The summed E-state index contributed by atoms with van der Waals surface area (Å²) in [5.41, 5.74) is 2.53. The highest BCUT2D eigenvalue weighted by atomic mass is 16.4. The summed E-state index contributed by atoms with van der Waals surface area (Å²) in [6.07, 6.45) is 1.85. The number of imide groups is 1. The highest BCUT2D eigenvalue weighted by Gasteiger charge is 2.45. The normalized spacial score (nSPS) is 25.5. The van der Waals surface area contributed by atoms with Crippen LogP contribution >= 0.6 is 0 Å². The molecule has 3 amide bonds. The van der Waals surface area contributed by atoms with Gasteiger partial charge in [0.25, 0.3) is 0 Å². The van der Waals surface area contributed by atoms with Gasteiger partial charge in [-0.1, -0.05) is 32.9 Å². The Morgan fingerprint density at radius 2 is 1.82 bits per heavy atom. The smallest absolute Gasteiger partial charge is 0.407 e. The summed E-state index contributed by atoms with van der Waals surface area (Å²) >= 11 is 0. The third-order valence-electron chi connectivity index (χ3n) is 9.01. The molecular weight excluding hydrogens is 512 g/mol. The molecule has 1 aromatic carbocycles. The number of fused-ring (bicyclic) bond motifs is 1. The molecule has 3 fully saturated rings. The molecule has 2 aromatic rings. The van der Waals surface area contributed by atoms with E-state index in [1.54, 1.807) is 0 Å². The van der Waals surface area contributed by atoms with Crippen LogP contribution < -0.4 is 10.2 Å². The van der Waals surface area contributed by atoms with Crippen molar-refractivity contribution in [2.45, 2.75) is 64.5 Å². The number of aryl methyl sites for hydroxylation is 1. The first-order valence-corrected chi connectivity index (χ1v) is 14.4. The largest absolute Gasteiger partial charge is 0.465 e. The standard InChI is InChI=1S/C29H42N6O5/c1-29(2,3)26-22(17-36)34(14-15-35(26)28(39)40)16-18-10-12-33(13-11-18)21-7-5-6-19-24(31-32(4)25(19)21)20-8-9-23(37)30-27(20)38/h5-7,18,20,22,26,36H,8-17H2,1-4H3,(H,39,40)(H,30,37,38)/t20?,22-,26?/m0/s1. The second kappa shape index (κ2) is 11.0. The van der Waals surface area contributed by atoms with Crippen molar-refractivity contribution in [3.8, 4) is 0 Å². The molecule has 11 heteroatoms. The quantitative estimate of drug-likeness (QED) is 0.480. The minimum atomic E-state index is -0.920. The Morgan fingerprint density at radius 3 is 2.45 bits per heavy atom. The third-order valence-corrected chi connectivity index (χ3v) is 9.01. The Morgan fingerprint density at radius 1 is 1.10 bits per heavy atom. The van der Waals surface area contributed by atoms with Crippen molar-refractivity contribution in [1.29, 1.82) is 0 Å². The number of benzene rings is 1. The van der Waals surface area contributed by atoms with Gasteiger partial charge in [-0.3, -0.25) is 24.5 Å². The highest BCUT2D eigenvalue weighted by molar-refractivity contribution is 6.03. The Kier molecular flexibility index (Phi) is 7.80. The SMILES string of the molecule is Cn1nc(C2CCC(=O)NC2=O)c2cccc(N3CCC(CN4CCN(C(=O)O)C(C(C)(C)C)[C@@H]4CO)CC3)c21. The summed E-state index contributed by atoms with van der Waals surface area (Å²) in [5.74, 6) is -0.484. The first kappa shape index (κ1) is 28.4. The van der Waals surface area contributed by atoms with E-state index in [0.29, 0.717) is 31.8 Å². The van der Waals surface area contributed by atoms with Gasteiger partial charge in [-0.15, -0.1) is 0 Å². The zero-order valence-electron chi connectivity index (χ0n) is 24.0. The van der Waals surface area contributed by atoms with E-state index < -0.39 is 12.0 Å². The van der Waals surface area contributed by atoms with Crippen molar-refractivity contribution >= 4 is 34.5 Å². The summed E-state index contributed by atoms with van der Waals surface area (Å²) in [6.45, 7) is 9.74. The fourth-order valence-electron chi connectivity index (χ4n) is 7.15. The zero-order valence-corrected chi connectivity index (χ0v) is 24.0. The number of anilines is 1. The third kappa shape index (κ3) is 5.28. The number of rotatable bonds is 5. The number of carbonyl (C=O) groups is 3. The first-order chi connectivity index (χ1) is 19.0. The van der Waals surface area contributed by atoms with Gasteiger partial charge in [0.05, 0.1) is 41.5 Å². The number of carbonyl (C=O) groups excluding carboxylic acids is 2.